The highest BCUT2D eigenvalue weighted by atomic mass is 35.5. The summed E-state index contributed by atoms with van der Waals surface area (Å²) in [5.41, 5.74) is 12.8. The van der Waals surface area contributed by atoms with E-state index in [1.54, 1.807) is 12.1 Å². The first-order valence-corrected chi connectivity index (χ1v) is 6.02. The molecule has 4 N–H and O–H groups in total. The second kappa shape index (κ2) is 6.73. The number of primary amides is 1. The summed E-state index contributed by atoms with van der Waals surface area (Å²) in [6, 6.07) is 7.87. The molecule has 0 atom stereocenters. The van der Waals surface area contributed by atoms with Crippen LogP contribution in [0.15, 0.2) is 24.3 Å². The highest BCUT2D eigenvalue weighted by molar-refractivity contribution is 5.92. The highest BCUT2D eigenvalue weighted by Crippen LogP contribution is 2.13. The number of benzene rings is 1. The third kappa shape index (κ3) is 3.98. The number of hydrogen-bond donors (Lipinski definition) is 2. The zero-order valence-corrected chi connectivity index (χ0v) is 11.2. The van der Waals surface area contributed by atoms with Crippen LogP contribution in [0.4, 0.5) is 0 Å². The molecule has 2 rings (SSSR count). The van der Waals surface area contributed by atoms with Gasteiger partial charge in [-0.2, -0.15) is 0 Å². The maximum atomic E-state index is 10.9. The fraction of sp³-hybridized carbons (Fsp3) is 0.462. The van der Waals surface area contributed by atoms with E-state index in [1.807, 2.05) is 12.1 Å². The van der Waals surface area contributed by atoms with Gasteiger partial charge in [0.15, 0.2) is 0 Å². The molecule has 1 fully saturated rings. The third-order valence-electron chi connectivity index (χ3n) is 3.28. The van der Waals surface area contributed by atoms with Gasteiger partial charge in [0.1, 0.15) is 0 Å². The van der Waals surface area contributed by atoms with Crippen molar-refractivity contribution in [2.45, 2.75) is 25.4 Å². The predicted octanol–water partition coefficient (Wildman–Crippen LogP) is 1.13. The summed E-state index contributed by atoms with van der Waals surface area (Å²) in [7, 11) is 0. The Kier molecular flexibility index (Phi) is 5.59. The maximum Gasteiger partial charge on any atom is 0.248 e. The molecule has 0 aromatic heterocycles. The van der Waals surface area contributed by atoms with Crippen LogP contribution in [0, 0.1) is 0 Å². The number of nitrogens with zero attached hydrogens (tertiary/aromatic N) is 1. The van der Waals surface area contributed by atoms with Gasteiger partial charge in [0.2, 0.25) is 5.91 Å². The Bertz CT molecular complexity index is 386. The number of rotatable bonds is 3. The standard InChI is InChI=1S/C13H19N3O.ClH/c14-12-5-7-16(8-6-12)9-10-1-3-11(4-2-10)13(15)17;/h1-4,12H,5-9,14H2,(H2,15,17);1H. The Morgan fingerprint density at radius 3 is 2.28 bits per heavy atom. The van der Waals surface area contributed by atoms with E-state index in [2.05, 4.69) is 4.90 Å². The molecule has 0 radical (unpaired) electrons. The average molecular weight is 270 g/mol. The molecule has 1 aliphatic rings. The van der Waals surface area contributed by atoms with E-state index in [9.17, 15) is 4.79 Å². The molecule has 18 heavy (non-hydrogen) atoms. The Balaban J connectivity index is 0.00000162. The summed E-state index contributed by atoms with van der Waals surface area (Å²) in [5, 5.41) is 0. The van der Waals surface area contributed by atoms with Crippen LogP contribution in [0.1, 0.15) is 28.8 Å². The molecule has 4 nitrogen and oxygen atoms in total. The molecular formula is C13H20ClN3O. The Morgan fingerprint density at radius 2 is 1.78 bits per heavy atom. The van der Waals surface area contributed by atoms with E-state index in [-0.39, 0.29) is 18.3 Å². The molecule has 1 saturated heterocycles. The molecule has 1 heterocycles. The number of carbonyl (C=O) groups excluding carboxylic acids is 1. The molecule has 1 amide bonds. The van der Waals surface area contributed by atoms with Gasteiger partial charge in [-0.1, -0.05) is 12.1 Å². The molecule has 0 bridgehead atoms. The maximum absolute atomic E-state index is 10.9. The molecule has 0 unspecified atom stereocenters. The number of likely N-dealkylation sites (tertiary alicyclic amines) is 1. The van der Waals surface area contributed by atoms with Crippen molar-refractivity contribution in [3.8, 4) is 0 Å². The van der Waals surface area contributed by atoms with Gasteiger partial charge in [0, 0.05) is 18.2 Å². The van der Waals surface area contributed by atoms with E-state index in [0.29, 0.717) is 11.6 Å². The molecule has 0 spiro atoms. The zero-order chi connectivity index (χ0) is 12.3. The van der Waals surface area contributed by atoms with Gasteiger partial charge in [-0.15, -0.1) is 12.4 Å². The molecule has 5 heteroatoms. The Hall–Kier alpha value is -1.10. The fourth-order valence-corrected chi connectivity index (χ4v) is 2.14. The van der Waals surface area contributed by atoms with Crippen LogP contribution < -0.4 is 11.5 Å². The first-order chi connectivity index (χ1) is 8.15. The van der Waals surface area contributed by atoms with E-state index < -0.39 is 0 Å². The van der Waals surface area contributed by atoms with Crippen LogP contribution in [0.3, 0.4) is 0 Å². The van der Waals surface area contributed by atoms with Gasteiger partial charge in [-0.3, -0.25) is 9.69 Å². The van der Waals surface area contributed by atoms with Crippen molar-refractivity contribution in [3.05, 3.63) is 35.4 Å². The molecule has 1 aromatic rings. The van der Waals surface area contributed by atoms with Crippen molar-refractivity contribution in [1.29, 1.82) is 0 Å². The quantitative estimate of drug-likeness (QED) is 0.864. The van der Waals surface area contributed by atoms with E-state index >= 15 is 0 Å². The minimum absolute atomic E-state index is 0. The average Bonchev–Trinajstić information content (AvgIpc) is 2.33. The summed E-state index contributed by atoms with van der Waals surface area (Å²) in [6.45, 7) is 3.03. The number of carbonyl (C=O) groups is 1. The largest absolute Gasteiger partial charge is 0.366 e. The van der Waals surface area contributed by atoms with Crippen LogP contribution >= 0.6 is 12.4 Å². The van der Waals surface area contributed by atoms with Crippen molar-refractivity contribution in [2.75, 3.05) is 13.1 Å². The lowest BCUT2D eigenvalue weighted by atomic mass is 10.0. The second-order valence-electron chi connectivity index (χ2n) is 4.67. The lowest BCUT2D eigenvalue weighted by Crippen LogP contribution is -2.39. The predicted molar refractivity (Wildman–Crippen MR) is 74.7 cm³/mol. The van der Waals surface area contributed by atoms with Crippen LogP contribution in [-0.2, 0) is 6.54 Å². The first kappa shape index (κ1) is 15.0. The summed E-state index contributed by atoms with van der Waals surface area (Å²) < 4.78 is 0. The third-order valence-corrected chi connectivity index (χ3v) is 3.28. The van der Waals surface area contributed by atoms with Crippen molar-refractivity contribution < 1.29 is 4.79 Å². The number of piperidine rings is 1. The summed E-state index contributed by atoms with van der Waals surface area (Å²) >= 11 is 0. The van der Waals surface area contributed by atoms with Gasteiger partial charge in [-0.05, 0) is 43.6 Å². The number of amides is 1. The van der Waals surface area contributed by atoms with Gasteiger partial charge >= 0.3 is 0 Å². The Labute approximate surface area is 114 Å². The highest BCUT2D eigenvalue weighted by Gasteiger charge is 2.15. The van der Waals surface area contributed by atoms with E-state index in [4.69, 9.17) is 11.5 Å². The monoisotopic (exact) mass is 269 g/mol. The lowest BCUT2D eigenvalue weighted by Gasteiger charge is -2.30. The second-order valence-corrected chi connectivity index (χ2v) is 4.67. The van der Waals surface area contributed by atoms with Gasteiger partial charge < -0.3 is 11.5 Å². The summed E-state index contributed by atoms with van der Waals surface area (Å²) in [4.78, 5) is 13.3. The summed E-state index contributed by atoms with van der Waals surface area (Å²) in [5.74, 6) is -0.375. The first-order valence-electron chi connectivity index (χ1n) is 6.02. The van der Waals surface area contributed by atoms with Crippen molar-refractivity contribution in [1.82, 2.24) is 4.90 Å². The Morgan fingerprint density at radius 1 is 1.22 bits per heavy atom. The van der Waals surface area contributed by atoms with Crippen LogP contribution in [0.2, 0.25) is 0 Å². The molecule has 0 saturated carbocycles. The molecule has 0 aliphatic carbocycles. The molecule has 100 valence electrons. The SMILES string of the molecule is Cl.NC(=O)c1ccc(CN2CCC(N)CC2)cc1. The zero-order valence-electron chi connectivity index (χ0n) is 10.3. The topological polar surface area (TPSA) is 72.4 Å². The molecule has 1 aliphatic heterocycles. The van der Waals surface area contributed by atoms with Crippen LogP contribution in [0.25, 0.3) is 0 Å². The van der Waals surface area contributed by atoms with E-state index in [1.165, 1.54) is 5.56 Å². The minimum atomic E-state index is -0.375. The lowest BCUT2D eigenvalue weighted by molar-refractivity contribution is 0.100. The smallest absolute Gasteiger partial charge is 0.248 e. The minimum Gasteiger partial charge on any atom is -0.366 e. The normalized spacial score (nSPS) is 17.2. The van der Waals surface area contributed by atoms with Crippen molar-refractivity contribution >= 4 is 18.3 Å². The number of nitrogens with two attached hydrogens (primary N) is 2. The summed E-state index contributed by atoms with van der Waals surface area (Å²) in [6.07, 6.45) is 2.14. The van der Waals surface area contributed by atoms with Crippen LogP contribution in [-0.4, -0.2) is 29.9 Å². The van der Waals surface area contributed by atoms with Gasteiger partial charge in [-0.25, -0.2) is 0 Å². The van der Waals surface area contributed by atoms with E-state index in [0.717, 1.165) is 32.5 Å². The fourth-order valence-electron chi connectivity index (χ4n) is 2.14. The number of hydrogen-bond acceptors (Lipinski definition) is 3. The molecular weight excluding hydrogens is 250 g/mol. The van der Waals surface area contributed by atoms with Crippen LogP contribution in [0.5, 0.6) is 0 Å². The van der Waals surface area contributed by atoms with Gasteiger partial charge in [0.05, 0.1) is 0 Å². The molecule has 1 aromatic carbocycles. The number of halogens is 1. The van der Waals surface area contributed by atoms with Crippen molar-refractivity contribution in [3.63, 3.8) is 0 Å². The van der Waals surface area contributed by atoms with Crippen molar-refractivity contribution in [2.24, 2.45) is 11.5 Å². The van der Waals surface area contributed by atoms with Gasteiger partial charge in [0.25, 0.3) is 0 Å².